The van der Waals surface area contributed by atoms with E-state index in [1.54, 1.807) is 12.1 Å². The van der Waals surface area contributed by atoms with Gasteiger partial charge in [-0.3, -0.25) is 10.1 Å². The number of hydrogen-bond acceptors (Lipinski definition) is 4. The Bertz CT molecular complexity index is 365. The van der Waals surface area contributed by atoms with Crippen LogP contribution in [0.15, 0.2) is 24.3 Å². The summed E-state index contributed by atoms with van der Waals surface area (Å²) >= 11 is 0. The van der Waals surface area contributed by atoms with Gasteiger partial charge in [0.15, 0.2) is 0 Å². The zero-order valence-corrected chi connectivity index (χ0v) is 10.2. The summed E-state index contributed by atoms with van der Waals surface area (Å²) < 4.78 is 0. The average Bonchev–Trinajstić information content (AvgIpc) is 2.79. The van der Waals surface area contributed by atoms with Gasteiger partial charge < -0.3 is 10.0 Å². The monoisotopic (exact) mass is 238 g/mol. The van der Waals surface area contributed by atoms with Gasteiger partial charge in [-0.2, -0.15) is 0 Å². The molecule has 0 spiro atoms. The largest absolute Gasteiger partial charge is 0.391 e. The number of nitro benzene ring substituents is 1. The molecule has 1 aliphatic heterocycles. The second-order valence-corrected chi connectivity index (χ2v) is 3.66. The van der Waals surface area contributed by atoms with Gasteiger partial charge in [-0.25, -0.2) is 0 Å². The number of nitrogens with zero attached hydrogens (tertiary/aromatic N) is 2. The Morgan fingerprint density at radius 1 is 1.35 bits per heavy atom. The van der Waals surface area contributed by atoms with Crippen LogP contribution in [-0.2, 0) is 0 Å². The van der Waals surface area contributed by atoms with E-state index in [4.69, 9.17) is 0 Å². The van der Waals surface area contributed by atoms with Crippen molar-refractivity contribution >= 4 is 11.4 Å². The SMILES string of the molecule is CC.O=[N+]([O-])c1ccc(N2CC[C@H](O)C2)cc1. The highest BCUT2D eigenvalue weighted by atomic mass is 16.6. The fourth-order valence-corrected chi connectivity index (χ4v) is 1.76. The van der Waals surface area contributed by atoms with Crippen LogP contribution in [0.1, 0.15) is 20.3 Å². The molecule has 1 fully saturated rings. The minimum Gasteiger partial charge on any atom is -0.391 e. The van der Waals surface area contributed by atoms with Gasteiger partial charge in [-0.15, -0.1) is 0 Å². The molecule has 1 aliphatic rings. The van der Waals surface area contributed by atoms with Gasteiger partial charge in [0, 0.05) is 30.9 Å². The second-order valence-electron chi connectivity index (χ2n) is 3.66. The van der Waals surface area contributed by atoms with E-state index in [-0.39, 0.29) is 11.8 Å². The maximum absolute atomic E-state index is 10.4. The molecule has 2 rings (SSSR count). The summed E-state index contributed by atoms with van der Waals surface area (Å²) in [5, 5.41) is 19.8. The quantitative estimate of drug-likeness (QED) is 0.633. The number of aliphatic hydroxyl groups excluding tert-OH is 1. The molecule has 0 aromatic heterocycles. The molecule has 5 heteroatoms. The first kappa shape index (κ1) is 13.4. The lowest BCUT2D eigenvalue weighted by Gasteiger charge is -2.17. The molecule has 0 radical (unpaired) electrons. The summed E-state index contributed by atoms with van der Waals surface area (Å²) in [6.45, 7) is 5.41. The molecule has 0 aliphatic carbocycles. The third-order valence-corrected chi connectivity index (χ3v) is 2.59. The van der Waals surface area contributed by atoms with Gasteiger partial charge in [0.25, 0.3) is 5.69 Å². The van der Waals surface area contributed by atoms with E-state index in [0.717, 1.165) is 18.7 Å². The van der Waals surface area contributed by atoms with Crippen LogP contribution in [0.3, 0.4) is 0 Å². The summed E-state index contributed by atoms with van der Waals surface area (Å²) in [6.07, 6.45) is 0.483. The van der Waals surface area contributed by atoms with Crippen LogP contribution in [-0.4, -0.2) is 29.2 Å². The zero-order valence-electron chi connectivity index (χ0n) is 10.2. The highest BCUT2D eigenvalue weighted by Crippen LogP contribution is 2.22. The van der Waals surface area contributed by atoms with E-state index in [1.807, 2.05) is 18.7 Å². The van der Waals surface area contributed by atoms with Gasteiger partial charge in [0.05, 0.1) is 11.0 Å². The van der Waals surface area contributed by atoms with Crippen LogP contribution < -0.4 is 4.90 Å². The van der Waals surface area contributed by atoms with Crippen LogP contribution >= 0.6 is 0 Å². The lowest BCUT2D eigenvalue weighted by molar-refractivity contribution is -0.384. The first-order valence-electron chi connectivity index (χ1n) is 5.84. The van der Waals surface area contributed by atoms with Gasteiger partial charge in [0.1, 0.15) is 0 Å². The number of aliphatic hydroxyl groups is 1. The summed E-state index contributed by atoms with van der Waals surface area (Å²) in [5.41, 5.74) is 1.02. The standard InChI is InChI=1S/C10H12N2O3.C2H6/c13-10-5-6-11(7-10)8-1-3-9(4-2-8)12(14)15;1-2/h1-4,10,13H,5-7H2;1-2H3/t10-;/m0./s1. The van der Waals surface area contributed by atoms with Crippen molar-refractivity contribution < 1.29 is 10.0 Å². The average molecular weight is 238 g/mol. The number of non-ortho nitro benzene ring substituents is 1. The number of hydrogen-bond donors (Lipinski definition) is 1. The molecule has 17 heavy (non-hydrogen) atoms. The molecule has 1 aromatic carbocycles. The maximum Gasteiger partial charge on any atom is 0.269 e. The van der Waals surface area contributed by atoms with Gasteiger partial charge in [-0.05, 0) is 18.6 Å². The molecular formula is C12H18N2O3. The van der Waals surface area contributed by atoms with Crippen LogP contribution in [0.5, 0.6) is 0 Å². The van der Waals surface area contributed by atoms with E-state index in [0.29, 0.717) is 6.54 Å². The zero-order chi connectivity index (χ0) is 12.8. The van der Waals surface area contributed by atoms with Crippen LogP contribution in [0, 0.1) is 10.1 Å². The Morgan fingerprint density at radius 2 is 1.94 bits per heavy atom. The highest BCUT2D eigenvalue weighted by molar-refractivity contribution is 5.51. The van der Waals surface area contributed by atoms with Crippen molar-refractivity contribution in [3.63, 3.8) is 0 Å². The van der Waals surface area contributed by atoms with Crippen molar-refractivity contribution in [2.24, 2.45) is 0 Å². The predicted molar refractivity (Wildman–Crippen MR) is 67.3 cm³/mol. The molecule has 0 bridgehead atoms. The Kier molecular flexibility index (Phi) is 4.90. The van der Waals surface area contributed by atoms with E-state index in [1.165, 1.54) is 12.1 Å². The van der Waals surface area contributed by atoms with Gasteiger partial charge >= 0.3 is 0 Å². The minimum atomic E-state index is -0.414. The number of anilines is 1. The molecule has 0 saturated carbocycles. The summed E-state index contributed by atoms with van der Waals surface area (Å²) in [6, 6.07) is 6.41. The summed E-state index contributed by atoms with van der Waals surface area (Å²) in [7, 11) is 0. The first-order valence-corrected chi connectivity index (χ1v) is 5.84. The third kappa shape index (κ3) is 3.42. The number of β-amino-alcohol motifs (C(OH)–C–C–N with tert-alkyl or cyclic N) is 1. The molecule has 1 atom stereocenters. The third-order valence-electron chi connectivity index (χ3n) is 2.59. The number of nitro groups is 1. The van der Waals surface area contributed by atoms with Crippen molar-refractivity contribution in [2.45, 2.75) is 26.4 Å². The summed E-state index contributed by atoms with van der Waals surface area (Å²) in [4.78, 5) is 12.0. The molecular weight excluding hydrogens is 220 g/mol. The van der Waals surface area contributed by atoms with Crippen molar-refractivity contribution in [2.75, 3.05) is 18.0 Å². The van der Waals surface area contributed by atoms with Gasteiger partial charge in [0.2, 0.25) is 0 Å². The lowest BCUT2D eigenvalue weighted by atomic mass is 10.2. The van der Waals surface area contributed by atoms with E-state index < -0.39 is 4.92 Å². The Labute approximate surface area is 101 Å². The highest BCUT2D eigenvalue weighted by Gasteiger charge is 2.20. The Balaban J connectivity index is 0.000000686. The van der Waals surface area contributed by atoms with Crippen LogP contribution in [0.4, 0.5) is 11.4 Å². The molecule has 1 N–H and O–H groups in total. The van der Waals surface area contributed by atoms with E-state index >= 15 is 0 Å². The molecule has 94 valence electrons. The van der Waals surface area contributed by atoms with Crippen molar-refractivity contribution in [1.82, 2.24) is 0 Å². The van der Waals surface area contributed by atoms with E-state index in [2.05, 4.69) is 0 Å². The Morgan fingerprint density at radius 3 is 2.35 bits per heavy atom. The van der Waals surface area contributed by atoms with Crippen molar-refractivity contribution in [3.05, 3.63) is 34.4 Å². The molecule has 0 amide bonds. The maximum atomic E-state index is 10.4. The second kappa shape index (κ2) is 6.20. The minimum absolute atomic E-state index is 0.0958. The topological polar surface area (TPSA) is 66.6 Å². The molecule has 5 nitrogen and oxygen atoms in total. The Hall–Kier alpha value is -1.62. The fourth-order valence-electron chi connectivity index (χ4n) is 1.76. The predicted octanol–water partition coefficient (Wildman–Crippen LogP) is 2.19. The van der Waals surface area contributed by atoms with Crippen LogP contribution in [0.25, 0.3) is 0 Å². The normalized spacial score (nSPS) is 18.5. The summed E-state index contributed by atoms with van der Waals surface area (Å²) in [5.74, 6) is 0. The number of benzene rings is 1. The fraction of sp³-hybridized carbons (Fsp3) is 0.500. The lowest BCUT2D eigenvalue weighted by Crippen LogP contribution is -2.20. The molecule has 0 unspecified atom stereocenters. The molecule has 1 saturated heterocycles. The molecule has 1 aromatic rings. The smallest absolute Gasteiger partial charge is 0.269 e. The van der Waals surface area contributed by atoms with Crippen molar-refractivity contribution in [1.29, 1.82) is 0 Å². The first-order chi connectivity index (χ1) is 8.16. The van der Waals surface area contributed by atoms with Gasteiger partial charge in [-0.1, -0.05) is 13.8 Å². The number of rotatable bonds is 2. The van der Waals surface area contributed by atoms with E-state index in [9.17, 15) is 15.2 Å². The van der Waals surface area contributed by atoms with Crippen LogP contribution in [0.2, 0.25) is 0 Å². The molecule has 1 heterocycles. The van der Waals surface area contributed by atoms with Crippen molar-refractivity contribution in [3.8, 4) is 0 Å².